The first-order valence-corrected chi connectivity index (χ1v) is 9.07. The van der Waals surface area contributed by atoms with E-state index in [1.54, 1.807) is 4.90 Å². The van der Waals surface area contributed by atoms with Gasteiger partial charge in [0.25, 0.3) is 0 Å². The second-order valence-corrected chi connectivity index (χ2v) is 8.18. The van der Waals surface area contributed by atoms with Gasteiger partial charge in [-0.1, -0.05) is 29.8 Å². The van der Waals surface area contributed by atoms with Crippen molar-refractivity contribution in [3.63, 3.8) is 0 Å². The van der Waals surface area contributed by atoms with E-state index in [0.29, 0.717) is 13.1 Å². The van der Waals surface area contributed by atoms with Crippen LogP contribution in [0.5, 0.6) is 0 Å². The van der Waals surface area contributed by atoms with E-state index in [0.717, 1.165) is 6.42 Å². The first-order chi connectivity index (χ1) is 9.33. The summed E-state index contributed by atoms with van der Waals surface area (Å²) in [5.74, 6) is -0.285. The van der Waals surface area contributed by atoms with Gasteiger partial charge in [-0.3, -0.25) is 4.79 Å². The average molecular weight is 316 g/mol. The van der Waals surface area contributed by atoms with E-state index in [1.807, 2.05) is 25.1 Å². The number of likely N-dealkylation sites (tertiary alicyclic amines) is 1. The molecule has 0 bridgehead atoms. The van der Waals surface area contributed by atoms with Crippen molar-refractivity contribution in [2.45, 2.75) is 19.8 Å². The number of carbonyl (C=O) groups excluding carboxylic acids is 1. The van der Waals surface area contributed by atoms with E-state index in [2.05, 4.69) is 6.07 Å². The van der Waals surface area contributed by atoms with Gasteiger partial charge in [-0.25, -0.2) is 8.42 Å². The Bertz CT molecular complexity index is 600. The van der Waals surface area contributed by atoms with Gasteiger partial charge in [0, 0.05) is 36.1 Å². The van der Waals surface area contributed by atoms with Crippen LogP contribution in [0.3, 0.4) is 0 Å². The predicted octanol–water partition coefficient (Wildman–Crippen LogP) is 1.95. The van der Waals surface area contributed by atoms with E-state index in [4.69, 9.17) is 10.7 Å². The summed E-state index contributed by atoms with van der Waals surface area (Å²) in [6.07, 6.45) is 1.06. The van der Waals surface area contributed by atoms with Crippen LogP contribution in [0.25, 0.3) is 0 Å². The summed E-state index contributed by atoms with van der Waals surface area (Å²) in [7, 11) is 1.71. The Hall–Kier alpha value is -1.07. The third kappa shape index (κ3) is 4.49. The lowest BCUT2D eigenvalue weighted by Crippen LogP contribution is -2.28. The van der Waals surface area contributed by atoms with Crippen LogP contribution in [0.1, 0.15) is 17.5 Å². The van der Waals surface area contributed by atoms with Crippen molar-refractivity contribution in [1.29, 1.82) is 0 Å². The van der Waals surface area contributed by atoms with Gasteiger partial charge in [0.05, 0.1) is 5.75 Å². The number of hydrogen-bond acceptors (Lipinski definition) is 3. The first-order valence-electron chi connectivity index (χ1n) is 6.59. The maximum atomic E-state index is 11.8. The molecule has 0 aromatic heterocycles. The number of rotatable bonds is 5. The molecule has 1 aromatic carbocycles. The second kappa shape index (κ2) is 6.14. The Morgan fingerprint density at radius 3 is 2.80 bits per heavy atom. The number of halogens is 1. The van der Waals surface area contributed by atoms with Crippen LogP contribution >= 0.6 is 10.7 Å². The largest absolute Gasteiger partial charge is 0.342 e. The molecule has 1 fully saturated rings. The molecule has 1 aliphatic rings. The molecule has 110 valence electrons. The molecule has 1 aliphatic heterocycles. The highest BCUT2D eigenvalue weighted by molar-refractivity contribution is 8.13. The summed E-state index contributed by atoms with van der Waals surface area (Å²) in [5.41, 5.74) is 2.38. The zero-order chi connectivity index (χ0) is 14.8. The van der Waals surface area contributed by atoms with Crippen molar-refractivity contribution < 1.29 is 13.2 Å². The number of hydrogen-bond donors (Lipinski definition) is 0. The number of carbonyl (C=O) groups is 1. The summed E-state index contributed by atoms with van der Waals surface area (Å²) in [6.45, 7) is 3.14. The minimum absolute atomic E-state index is 0.0166. The molecular weight excluding hydrogens is 298 g/mol. The standard InChI is InChI=1S/C14H18ClNO3S/c1-11-3-2-4-12(7-11)5-6-16-9-13(8-14(16)17)10-20(15,18)19/h2-4,7,13H,5-6,8-10H2,1H3. The highest BCUT2D eigenvalue weighted by Crippen LogP contribution is 2.21. The Balaban J connectivity index is 1.89. The lowest BCUT2D eigenvalue weighted by Gasteiger charge is -2.16. The molecule has 0 aliphatic carbocycles. The van der Waals surface area contributed by atoms with E-state index in [9.17, 15) is 13.2 Å². The van der Waals surface area contributed by atoms with Crippen molar-refractivity contribution >= 4 is 25.6 Å². The average Bonchev–Trinajstić information content (AvgIpc) is 2.64. The van der Waals surface area contributed by atoms with Crippen LogP contribution in [0.4, 0.5) is 0 Å². The molecule has 6 heteroatoms. The maximum absolute atomic E-state index is 11.8. The molecule has 0 saturated carbocycles. The monoisotopic (exact) mass is 315 g/mol. The van der Waals surface area contributed by atoms with Gasteiger partial charge in [-0.2, -0.15) is 0 Å². The highest BCUT2D eigenvalue weighted by Gasteiger charge is 2.31. The van der Waals surface area contributed by atoms with Gasteiger partial charge in [0.2, 0.25) is 15.0 Å². The summed E-state index contributed by atoms with van der Waals surface area (Å²) in [6, 6.07) is 8.17. The maximum Gasteiger partial charge on any atom is 0.232 e. The van der Waals surface area contributed by atoms with Crippen LogP contribution in [-0.2, 0) is 20.3 Å². The molecule has 1 unspecified atom stereocenters. The van der Waals surface area contributed by atoms with E-state index >= 15 is 0 Å². The molecule has 0 N–H and O–H groups in total. The van der Waals surface area contributed by atoms with Crippen molar-refractivity contribution in [1.82, 2.24) is 4.90 Å². The van der Waals surface area contributed by atoms with Crippen LogP contribution in [0, 0.1) is 12.8 Å². The lowest BCUT2D eigenvalue weighted by atomic mass is 10.1. The van der Waals surface area contributed by atoms with E-state index in [-0.39, 0.29) is 24.0 Å². The smallest absolute Gasteiger partial charge is 0.232 e. The number of amides is 1. The summed E-state index contributed by atoms with van der Waals surface area (Å²) in [5, 5.41) is 0. The van der Waals surface area contributed by atoms with Gasteiger partial charge >= 0.3 is 0 Å². The van der Waals surface area contributed by atoms with Gasteiger partial charge in [-0.05, 0) is 18.9 Å². The van der Waals surface area contributed by atoms with Crippen LogP contribution in [-0.4, -0.2) is 38.1 Å². The number of nitrogens with zero attached hydrogens (tertiary/aromatic N) is 1. The minimum atomic E-state index is -3.53. The fraction of sp³-hybridized carbons (Fsp3) is 0.500. The summed E-state index contributed by atoms with van der Waals surface area (Å²) in [4.78, 5) is 13.6. The minimum Gasteiger partial charge on any atom is -0.342 e. The van der Waals surface area contributed by atoms with Gasteiger partial charge in [0.15, 0.2) is 0 Å². The van der Waals surface area contributed by atoms with Crippen LogP contribution < -0.4 is 0 Å². The van der Waals surface area contributed by atoms with Gasteiger partial charge in [-0.15, -0.1) is 0 Å². The molecule has 20 heavy (non-hydrogen) atoms. The third-order valence-corrected chi connectivity index (χ3v) is 4.73. The molecule has 0 radical (unpaired) electrons. The molecule has 1 atom stereocenters. The number of aryl methyl sites for hydroxylation is 1. The predicted molar refractivity (Wildman–Crippen MR) is 79.2 cm³/mol. The normalized spacial score (nSPS) is 19.6. The lowest BCUT2D eigenvalue weighted by molar-refractivity contribution is -0.127. The molecule has 1 amide bonds. The van der Waals surface area contributed by atoms with Crippen molar-refractivity contribution in [2.75, 3.05) is 18.8 Å². The third-order valence-electron chi connectivity index (χ3n) is 3.48. The Morgan fingerprint density at radius 1 is 1.40 bits per heavy atom. The van der Waals surface area contributed by atoms with Crippen molar-refractivity contribution in [3.05, 3.63) is 35.4 Å². The van der Waals surface area contributed by atoms with Crippen LogP contribution in [0.15, 0.2) is 24.3 Å². The van der Waals surface area contributed by atoms with Crippen molar-refractivity contribution in [2.24, 2.45) is 5.92 Å². The quantitative estimate of drug-likeness (QED) is 0.780. The van der Waals surface area contributed by atoms with E-state index in [1.165, 1.54) is 11.1 Å². The highest BCUT2D eigenvalue weighted by atomic mass is 35.7. The summed E-state index contributed by atoms with van der Waals surface area (Å²) < 4.78 is 22.1. The molecule has 4 nitrogen and oxygen atoms in total. The number of benzene rings is 1. The molecular formula is C14H18ClNO3S. The molecule has 1 aromatic rings. The SMILES string of the molecule is Cc1cccc(CCN2CC(CS(=O)(=O)Cl)CC2=O)c1. The van der Waals surface area contributed by atoms with Gasteiger partial charge < -0.3 is 4.90 Å². The fourth-order valence-corrected chi connectivity index (χ4v) is 3.92. The molecule has 2 rings (SSSR count). The molecule has 0 spiro atoms. The van der Waals surface area contributed by atoms with Gasteiger partial charge in [0.1, 0.15) is 0 Å². The van der Waals surface area contributed by atoms with Crippen LogP contribution in [0.2, 0.25) is 0 Å². The zero-order valence-corrected chi connectivity index (χ0v) is 13.0. The second-order valence-electron chi connectivity index (χ2n) is 5.35. The molecule has 1 heterocycles. The Labute approximate surface area is 124 Å². The fourth-order valence-electron chi connectivity index (χ4n) is 2.59. The Morgan fingerprint density at radius 2 is 2.15 bits per heavy atom. The van der Waals surface area contributed by atoms with E-state index < -0.39 is 9.05 Å². The topological polar surface area (TPSA) is 54.5 Å². The first kappa shape index (κ1) is 15.3. The molecule has 1 saturated heterocycles. The van der Waals surface area contributed by atoms with Crippen molar-refractivity contribution in [3.8, 4) is 0 Å². The Kier molecular flexibility index (Phi) is 4.70. The summed E-state index contributed by atoms with van der Waals surface area (Å²) >= 11 is 0. The zero-order valence-electron chi connectivity index (χ0n) is 11.4.